The molecule has 22 heavy (non-hydrogen) atoms. The summed E-state index contributed by atoms with van der Waals surface area (Å²) in [5.41, 5.74) is 1.79. The molecule has 0 fully saturated rings. The molecular weight excluding hydrogens is 296 g/mol. The lowest BCUT2D eigenvalue weighted by Gasteiger charge is -2.16. The van der Waals surface area contributed by atoms with Gasteiger partial charge in [0.1, 0.15) is 5.69 Å². The Kier molecular flexibility index (Phi) is 2.90. The second kappa shape index (κ2) is 4.81. The molecule has 4 rings (SSSR count). The van der Waals surface area contributed by atoms with Crippen molar-refractivity contribution >= 4 is 43.2 Å². The fourth-order valence-electron chi connectivity index (χ4n) is 2.85. The number of nitrogens with zero attached hydrogens (tertiary/aromatic N) is 2. The van der Waals surface area contributed by atoms with Gasteiger partial charge in [0, 0.05) is 28.8 Å². The molecule has 0 aliphatic heterocycles. The van der Waals surface area contributed by atoms with Gasteiger partial charge in [0.25, 0.3) is 0 Å². The second-order valence-corrected chi connectivity index (χ2v) is 6.77. The summed E-state index contributed by atoms with van der Waals surface area (Å²) in [6.45, 7) is 1.83. The number of para-hydroxylation sites is 1. The average molecular weight is 308 g/mol. The van der Waals surface area contributed by atoms with Crippen molar-refractivity contribution in [3.63, 3.8) is 0 Å². The first-order chi connectivity index (χ1) is 10.7. The molecule has 1 atom stereocenters. The van der Waals surface area contributed by atoms with Gasteiger partial charge in [0.2, 0.25) is 5.78 Å². The van der Waals surface area contributed by atoms with Crippen molar-refractivity contribution in [2.24, 2.45) is 0 Å². The van der Waals surface area contributed by atoms with Crippen LogP contribution in [0, 0.1) is 0 Å². The standard InChI is InChI=1S/C17H12N2O2S/c1-2-22(21)14-9-13(20)16-15-11(7-8-18-17(14)15)10-5-3-4-6-12(10)19-16/h3-9H,2H2,1H3. The first-order valence-corrected chi connectivity index (χ1v) is 8.35. The van der Waals surface area contributed by atoms with Crippen molar-refractivity contribution in [1.82, 2.24) is 9.97 Å². The normalized spacial score (nSPS) is 15.1. The zero-order valence-corrected chi connectivity index (χ0v) is 12.7. The molecule has 0 radical (unpaired) electrons. The molecule has 3 aromatic rings. The van der Waals surface area contributed by atoms with Crippen LogP contribution in [-0.4, -0.2) is 25.7 Å². The number of benzene rings is 1. The molecule has 1 aliphatic rings. The Morgan fingerprint density at radius 3 is 2.73 bits per heavy atom. The van der Waals surface area contributed by atoms with Gasteiger partial charge < -0.3 is 0 Å². The Labute approximate surface area is 129 Å². The molecule has 0 saturated heterocycles. The minimum atomic E-state index is -1.23. The predicted molar refractivity (Wildman–Crippen MR) is 88.0 cm³/mol. The van der Waals surface area contributed by atoms with Crippen LogP contribution in [0.5, 0.6) is 0 Å². The molecule has 0 amide bonds. The lowest BCUT2D eigenvalue weighted by Crippen LogP contribution is -2.12. The van der Waals surface area contributed by atoms with E-state index in [2.05, 4.69) is 9.97 Å². The molecule has 2 aromatic heterocycles. The Hall–Kier alpha value is -2.40. The van der Waals surface area contributed by atoms with Crippen LogP contribution in [-0.2, 0) is 10.8 Å². The Morgan fingerprint density at radius 1 is 1.09 bits per heavy atom. The van der Waals surface area contributed by atoms with Crippen LogP contribution >= 0.6 is 0 Å². The highest BCUT2D eigenvalue weighted by molar-refractivity contribution is 7.94. The van der Waals surface area contributed by atoms with Crippen LogP contribution < -0.4 is 0 Å². The van der Waals surface area contributed by atoms with Gasteiger partial charge in [-0.05, 0) is 17.5 Å². The second-order valence-electron chi connectivity index (χ2n) is 5.07. The summed E-state index contributed by atoms with van der Waals surface area (Å²) in [5.74, 6) is 0.251. The monoisotopic (exact) mass is 308 g/mol. The van der Waals surface area contributed by atoms with E-state index in [1.54, 1.807) is 6.20 Å². The summed E-state index contributed by atoms with van der Waals surface area (Å²) >= 11 is 0. The zero-order chi connectivity index (χ0) is 15.3. The fourth-order valence-corrected chi connectivity index (χ4v) is 3.77. The molecular formula is C17H12N2O2S. The van der Waals surface area contributed by atoms with E-state index in [1.807, 2.05) is 37.3 Å². The van der Waals surface area contributed by atoms with E-state index in [1.165, 1.54) is 6.08 Å². The van der Waals surface area contributed by atoms with Crippen molar-refractivity contribution in [2.45, 2.75) is 6.92 Å². The lowest BCUT2D eigenvalue weighted by molar-refractivity contribution is 0.104. The van der Waals surface area contributed by atoms with Gasteiger partial charge in [0.05, 0.1) is 26.9 Å². The number of allylic oxidation sites excluding steroid dienone is 1. The predicted octanol–water partition coefficient (Wildman–Crippen LogP) is 3.09. The minimum Gasteiger partial charge on any atom is -0.287 e. The first-order valence-electron chi connectivity index (χ1n) is 7.03. The number of aromatic nitrogens is 2. The fraction of sp³-hybridized carbons (Fsp3) is 0.118. The highest BCUT2D eigenvalue weighted by atomic mass is 32.2. The number of fused-ring (bicyclic) bond motifs is 2. The van der Waals surface area contributed by atoms with E-state index in [0.717, 1.165) is 16.3 Å². The number of carbonyl (C=O) groups is 1. The number of rotatable bonds is 2. The Morgan fingerprint density at radius 2 is 1.91 bits per heavy atom. The minimum absolute atomic E-state index is 0.201. The maximum Gasteiger partial charge on any atom is 0.206 e. The van der Waals surface area contributed by atoms with Gasteiger partial charge in [0.15, 0.2) is 0 Å². The molecule has 1 aliphatic carbocycles. The molecule has 1 aromatic carbocycles. The maximum atomic E-state index is 12.4. The van der Waals surface area contributed by atoms with Gasteiger partial charge >= 0.3 is 0 Å². The third-order valence-electron chi connectivity index (χ3n) is 3.85. The van der Waals surface area contributed by atoms with Gasteiger partial charge in [-0.3, -0.25) is 14.0 Å². The number of ketones is 1. The van der Waals surface area contributed by atoms with Gasteiger partial charge in [-0.2, -0.15) is 0 Å². The molecule has 108 valence electrons. The van der Waals surface area contributed by atoms with Crippen molar-refractivity contribution in [1.29, 1.82) is 0 Å². The largest absolute Gasteiger partial charge is 0.287 e. The molecule has 1 unspecified atom stereocenters. The number of hydrogen-bond acceptors (Lipinski definition) is 4. The van der Waals surface area contributed by atoms with Crippen LogP contribution in [0.3, 0.4) is 0 Å². The van der Waals surface area contributed by atoms with E-state index >= 15 is 0 Å². The molecule has 0 bridgehead atoms. The van der Waals surface area contributed by atoms with E-state index in [-0.39, 0.29) is 5.78 Å². The van der Waals surface area contributed by atoms with E-state index in [4.69, 9.17) is 0 Å². The topological polar surface area (TPSA) is 59.9 Å². The third kappa shape index (κ3) is 1.75. The van der Waals surface area contributed by atoms with E-state index in [0.29, 0.717) is 27.4 Å². The van der Waals surface area contributed by atoms with Crippen molar-refractivity contribution in [2.75, 3.05) is 5.75 Å². The average Bonchev–Trinajstić information content (AvgIpc) is 2.57. The van der Waals surface area contributed by atoms with Gasteiger partial charge in [-0.25, -0.2) is 4.98 Å². The van der Waals surface area contributed by atoms with Crippen LogP contribution in [0.4, 0.5) is 0 Å². The number of pyridine rings is 2. The van der Waals surface area contributed by atoms with Crippen molar-refractivity contribution in [3.05, 3.63) is 54.0 Å². The molecule has 0 saturated carbocycles. The Balaban J connectivity index is 2.19. The summed E-state index contributed by atoms with van der Waals surface area (Å²) in [6.07, 6.45) is 3.12. The molecule has 0 spiro atoms. The van der Waals surface area contributed by atoms with Crippen LogP contribution in [0.2, 0.25) is 0 Å². The van der Waals surface area contributed by atoms with Crippen LogP contribution in [0.1, 0.15) is 23.1 Å². The molecule has 4 nitrogen and oxygen atoms in total. The number of hydrogen-bond donors (Lipinski definition) is 0. The third-order valence-corrected chi connectivity index (χ3v) is 5.18. The van der Waals surface area contributed by atoms with Gasteiger partial charge in [-0.15, -0.1) is 0 Å². The molecule has 0 N–H and O–H groups in total. The highest BCUT2D eigenvalue weighted by Crippen LogP contribution is 2.35. The van der Waals surface area contributed by atoms with E-state index < -0.39 is 10.8 Å². The maximum absolute atomic E-state index is 12.4. The summed E-state index contributed by atoms with van der Waals surface area (Å²) in [6, 6.07) is 9.60. The summed E-state index contributed by atoms with van der Waals surface area (Å²) in [5, 5.41) is 2.62. The summed E-state index contributed by atoms with van der Waals surface area (Å²) < 4.78 is 12.3. The van der Waals surface area contributed by atoms with Crippen molar-refractivity contribution in [3.8, 4) is 0 Å². The lowest BCUT2D eigenvalue weighted by atomic mass is 9.97. The molecule has 5 heteroatoms. The number of carbonyl (C=O) groups excluding carboxylic acids is 1. The van der Waals surface area contributed by atoms with Crippen molar-refractivity contribution < 1.29 is 9.00 Å². The molecule has 2 heterocycles. The van der Waals surface area contributed by atoms with Crippen LogP contribution in [0.15, 0.2) is 42.6 Å². The SMILES string of the molecule is CCS(=O)C1=CC(=O)c2nc3ccccc3c3ccnc1c23. The quantitative estimate of drug-likeness (QED) is 0.683. The summed E-state index contributed by atoms with van der Waals surface area (Å²) in [7, 11) is -1.23. The summed E-state index contributed by atoms with van der Waals surface area (Å²) in [4.78, 5) is 21.8. The van der Waals surface area contributed by atoms with E-state index in [9.17, 15) is 9.00 Å². The first kappa shape index (κ1) is 13.3. The smallest absolute Gasteiger partial charge is 0.206 e. The van der Waals surface area contributed by atoms with Crippen LogP contribution in [0.25, 0.3) is 26.6 Å². The highest BCUT2D eigenvalue weighted by Gasteiger charge is 2.26. The van der Waals surface area contributed by atoms with Gasteiger partial charge in [-0.1, -0.05) is 25.1 Å². The zero-order valence-electron chi connectivity index (χ0n) is 11.9. The Bertz CT molecular complexity index is 1010.